The number of pyridine rings is 1. The van der Waals surface area contributed by atoms with E-state index in [-0.39, 0.29) is 5.56 Å². The van der Waals surface area contributed by atoms with Crippen molar-refractivity contribution in [3.05, 3.63) is 34.9 Å². The van der Waals surface area contributed by atoms with Crippen molar-refractivity contribution < 1.29 is 0 Å². The summed E-state index contributed by atoms with van der Waals surface area (Å²) >= 11 is 0. The maximum Gasteiger partial charge on any atom is 0.272 e. The third-order valence-corrected chi connectivity index (χ3v) is 3.36. The number of rotatable bonds is 1. The minimum absolute atomic E-state index is 0.0319. The van der Waals surface area contributed by atoms with Crippen LogP contribution < -0.4 is 5.56 Å². The molecule has 2 aromatic rings. The molecular formula is C12H14N2O. The van der Waals surface area contributed by atoms with Gasteiger partial charge in [-0.1, -0.05) is 12.8 Å². The molecule has 3 nitrogen and oxygen atoms in total. The van der Waals surface area contributed by atoms with Crippen molar-refractivity contribution in [1.29, 1.82) is 0 Å². The molecule has 2 heterocycles. The fourth-order valence-electron chi connectivity index (χ4n) is 2.61. The van der Waals surface area contributed by atoms with Crippen LogP contribution in [0.25, 0.3) is 10.9 Å². The maximum atomic E-state index is 11.7. The second kappa shape index (κ2) is 3.26. The molecule has 0 spiro atoms. The lowest BCUT2D eigenvalue weighted by molar-refractivity contribution is 0.534. The van der Waals surface area contributed by atoms with Crippen LogP contribution in [0.3, 0.4) is 0 Å². The van der Waals surface area contributed by atoms with E-state index in [2.05, 4.69) is 15.7 Å². The number of hydrogen-bond donors (Lipinski definition) is 1. The lowest BCUT2D eigenvalue weighted by Gasteiger charge is -2.12. The monoisotopic (exact) mass is 202 g/mol. The fraction of sp³-hybridized carbons (Fsp3) is 0.417. The number of nitrogens with one attached hydrogen (secondary N) is 1. The van der Waals surface area contributed by atoms with Crippen LogP contribution in [-0.2, 0) is 0 Å². The fourth-order valence-corrected chi connectivity index (χ4v) is 2.61. The number of hydrogen-bond acceptors (Lipinski definition) is 1. The van der Waals surface area contributed by atoms with E-state index in [0.717, 1.165) is 10.9 Å². The Hall–Kier alpha value is -1.51. The Morgan fingerprint density at radius 2 is 2.07 bits per heavy atom. The summed E-state index contributed by atoms with van der Waals surface area (Å²) in [6.45, 7) is 0. The first kappa shape index (κ1) is 8.77. The lowest BCUT2D eigenvalue weighted by atomic mass is 10.2. The number of aromatic nitrogens is 2. The molecule has 1 N–H and O–H groups in total. The van der Waals surface area contributed by atoms with Crippen molar-refractivity contribution >= 4 is 10.9 Å². The van der Waals surface area contributed by atoms with Gasteiger partial charge in [0.2, 0.25) is 0 Å². The molecule has 1 saturated carbocycles. The van der Waals surface area contributed by atoms with E-state index in [0.29, 0.717) is 6.04 Å². The third kappa shape index (κ3) is 1.30. The molecule has 0 unspecified atom stereocenters. The molecule has 0 saturated heterocycles. The predicted molar refractivity (Wildman–Crippen MR) is 60.1 cm³/mol. The molecule has 2 aromatic heterocycles. The molecule has 78 valence electrons. The highest BCUT2D eigenvalue weighted by atomic mass is 16.1. The molecule has 1 aliphatic rings. The summed E-state index contributed by atoms with van der Waals surface area (Å²) in [5, 5.41) is 1.05. The van der Waals surface area contributed by atoms with Gasteiger partial charge < -0.3 is 9.55 Å². The third-order valence-electron chi connectivity index (χ3n) is 3.36. The Morgan fingerprint density at radius 1 is 1.27 bits per heavy atom. The zero-order chi connectivity index (χ0) is 10.3. The Labute approximate surface area is 87.7 Å². The van der Waals surface area contributed by atoms with E-state index in [1.165, 1.54) is 25.7 Å². The Morgan fingerprint density at radius 3 is 2.87 bits per heavy atom. The highest BCUT2D eigenvalue weighted by Gasteiger charge is 2.18. The lowest BCUT2D eigenvalue weighted by Crippen LogP contribution is -2.12. The number of nitrogens with zero attached hydrogens (tertiary/aromatic N) is 1. The second-order valence-corrected chi connectivity index (χ2v) is 4.27. The molecule has 3 heteroatoms. The molecule has 0 bridgehead atoms. The van der Waals surface area contributed by atoms with Crippen molar-refractivity contribution in [2.75, 3.05) is 0 Å². The average Bonchev–Trinajstić information content (AvgIpc) is 2.85. The molecule has 0 aromatic carbocycles. The van der Waals surface area contributed by atoms with Gasteiger partial charge in [-0.2, -0.15) is 0 Å². The number of aromatic amines is 1. The van der Waals surface area contributed by atoms with Gasteiger partial charge in [0.15, 0.2) is 0 Å². The van der Waals surface area contributed by atoms with Crippen molar-refractivity contribution in [2.45, 2.75) is 31.7 Å². The van der Waals surface area contributed by atoms with Crippen LogP contribution in [0.4, 0.5) is 0 Å². The highest BCUT2D eigenvalue weighted by molar-refractivity contribution is 5.78. The summed E-state index contributed by atoms with van der Waals surface area (Å²) in [6, 6.07) is 4.52. The van der Waals surface area contributed by atoms with Gasteiger partial charge in [0.25, 0.3) is 5.56 Å². The van der Waals surface area contributed by atoms with Crippen molar-refractivity contribution in [1.82, 2.24) is 9.55 Å². The van der Waals surface area contributed by atoms with Crippen LogP contribution >= 0.6 is 0 Å². The van der Waals surface area contributed by atoms with E-state index < -0.39 is 0 Å². The van der Waals surface area contributed by atoms with Gasteiger partial charge in [0, 0.05) is 23.8 Å². The summed E-state index contributed by atoms with van der Waals surface area (Å²) in [5.41, 5.74) is 0.869. The summed E-state index contributed by atoms with van der Waals surface area (Å²) in [4.78, 5) is 14.5. The SMILES string of the molecule is O=c1[nH]ccc2ccn(C3CCCC3)c12. The Kier molecular flexibility index (Phi) is 1.91. The standard InChI is InChI=1S/C12H14N2O/c15-12-11-9(5-7-13-12)6-8-14(11)10-3-1-2-4-10/h5-8,10H,1-4H2,(H,13,15). The summed E-state index contributed by atoms with van der Waals surface area (Å²) in [7, 11) is 0. The van der Waals surface area contributed by atoms with Gasteiger partial charge in [-0.05, 0) is 25.0 Å². The van der Waals surface area contributed by atoms with Gasteiger partial charge in [0.1, 0.15) is 5.52 Å². The van der Waals surface area contributed by atoms with E-state index >= 15 is 0 Å². The summed E-state index contributed by atoms with van der Waals surface area (Å²) < 4.78 is 2.15. The molecule has 1 fully saturated rings. The van der Waals surface area contributed by atoms with Gasteiger partial charge in [-0.15, -0.1) is 0 Å². The van der Waals surface area contributed by atoms with Crippen LogP contribution in [0.15, 0.2) is 29.3 Å². The zero-order valence-electron chi connectivity index (χ0n) is 8.57. The summed E-state index contributed by atoms with van der Waals surface area (Å²) in [5.74, 6) is 0. The minimum atomic E-state index is 0.0319. The molecular weight excluding hydrogens is 188 g/mol. The van der Waals surface area contributed by atoms with Crippen molar-refractivity contribution in [2.24, 2.45) is 0 Å². The average molecular weight is 202 g/mol. The van der Waals surface area contributed by atoms with Crippen molar-refractivity contribution in [3.8, 4) is 0 Å². The van der Waals surface area contributed by atoms with Crippen molar-refractivity contribution in [3.63, 3.8) is 0 Å². The smallest absolute Gasteiger partial charge is 0.272 e. The molecule has 3 rings (SSSR count). The molecule has 0 atom stereocenters. The quantitative estimate of drug-likeness (QED) is 0.757. The van der Waals surface area contributed by atoms with Gasteiger partial charge in [-0.25, -0.2) is 0 Å². The highest BCUT2D eigenvalue weighted by Crippen LogP contribution is 2.31. The molecule has 0 radical (unpaired) electrons. The van der Waals surface area contributed by atoms with Crippen LogP contribution in [0, 0.1) is 0 Å². The maximum absolute atomic E-state index is 11.7. The summed E-state index contributed by atoms with van der Waals surface area (Å²) in [6.07, 6.45) is 8.75. The van der Waals surface area contributed by atoms with Crippen LogP contribution in [0.2, 0.25) is 0 Å². The first-order chi connectivity index (χ1) is 7.36. The largest absolute Gasteiger partial charge is 0.340 e. The van der Waals surface area contributed by atoms with E-state index in [4.69, 9.17) is 0 Å². The van der Waals surface area contributed by atoms with Crippen LogP contribution in [0.5, 0.6) is 0 Å². The normalized spacial score (nSPS) is 17.6. The molecule has 0 amide bonds. The predicted octanol–water partition coefficient (Wildman–Crippen LogP) is 2.44. The Bertz CT molecular complexity index is 532. The van der Waals surface area contributed by atoms with Crippen LogP contribution in [-0.4, -0.2) is 9.55 Å². The molecule has 1 aliphatic carbocycles. The van der Waals surface area contributed by atoms with E-state index in [1.54, 1.807) is 6.20 Å². The van der Waals surface area contributed by atoms with E-state index in [1.807, 2.05) is 12.1 Å². The zero-order valence-corrected chi connectivity index (χ0v) is 8.57. The van der Waals surface area contributed by atoms with E-state index in [9.17, 15) is 4.79 Å². The Balaban J connectivity index is 2.22. The van der Waals surface area contributed by atoms with Crippen LogP contribution in [0.1, 0.15) is 31.7 Å². The minimum Gasteiger partial charge on any atom is -0.340 e. The van der Waals surface area contributed by atoms with Gasteiger partial charge in [0.05, 0.1) is 0 Å². The van der Waals surface area contributed by atoms with Gasteiger partial charge in [-0.3, -0.25) is 4.79 Å². The first-order valence-corrected chi connectivity index (χ1v) is 5.54. The molecule has 15 heavy (non-hydrogen) atoms. The number of fused-ring (bicyclic) bond motifs is 1. The first-order valence-electron chi connectivity index (χ1n) is 5.54. The second-order valence-electron chi connectivity index (χ2n) is 4.27. The topological polar surface area (TPSA) is 37.8 Å². The molecule has 0 aliphatic heterocycles. The number of H-pyrrole nitrogens is 1. The van der Waals surface area contributed by atoms with Gasteiger partial charge >= 0.3 is 0 Å².